The van der Waals surface area contributed by atoms with E-state index >= 15 is 0 Å². The van der Waals surface area contributed by atoms with Crippen LogP contribution < -0.4 is 4.72 Å². The normalized spacial score (nSPS) is 15.2. The Kier molecular flexibility index (Phi) is 6.39. The van der Waals surface area contributed by atoms with Crippen molar-refractivity contribution in [1.29, 1.82) is 0 Å². The minimum absolute atomic E-state index is 0.0248. The number of nitrogens with zero attached hydrogens (tertiary/aromatic N) is 2. The Bertz CT molecular complexity index is 1620. The lowest BCUT2D eigenvalue weighted by atomic mass is 9.85. The van der Waals surface area contributed by atoms with E-state index in [-0.39, 0.29) is 22.3 Å². The Morgan fingerprint density at radius 1 is 0.947 bits per heavy atom. The van der Waals surface area contributed by atoms with Crippen molar-refractivity contribution in [2.24, 2.45) is 0 Å². The van der Waals surface area contributed by atoms with Gasteiger partial charge in [-0.05, 0) is 83.1 Å². The molecule has 1 heterocycles. The van der Waals surface area contributed by atoms with Gasteiger partial charge in [0, 0.05) is 18.3 Å². The van der Waals surface area contributed by atoms with E-state index in [1.165, 1.54) is 48.8 Å². The van der Waals surface area contributed by atoms with Crippen LogP contribution in [-0.2, 0) is 22.6 Å². The number of aryl methyl sites for hydroxylation is 1. The van der Waals surface area contributed by atoms with E-state index in [1.807, 2.05) is 0 Å². The molecule has 0 amide bonds. The largest absolute Gasteiger partial charge is 0.478 e. The summed E-state index contributed by atoms with van der Waals surface area (Å²) < 4.78 is 68.7. The van der Waals surface area contributed by atoms with Gasteiger partial charge in [-0.2, -0.15) is 13.2 Å². The molecule has 1 atom stereocenters. The predicted octanol–water partition coefficient (Wildman–Crippen LogP) is 5.74. The summed E-state index contributed by atoms with van der Waals surface area (Å²) >= 11 is 0. The number of rotatable bonds is 6. The van der Waals surface area contributed by atoms with Gasteiger partial charge in [0.15, 0.2) is 0 Å². The Labute approximate surface area is 216 Å². The number of fused-ring (bicyclic) bond motifs is 1. The van der Waals surface area contributed by atoms with Crippen molar-refractivity contribution in [3.63, 3.8) is 0 Å². The molecular formula is C27H20F3N3O4S. The Hall–Kier alpha value is -4.25. The fourth-order valence-electron chi connectivity index (χ4n) is 4.69. The zero-order valence-electron chi connectivity index (χ0n) is 19.6. The maximum absolute atomic E-state index is 13.6. The monoisotopic (exact) mass is 539 g/mol. The number of aromatic nitrogens is 2. The molecule has 1 aliphatic rings. The molecule has 0 saturated carbocycles. The number of nitrogens with one attached hydrogen (secondary N) is 1. The average Bonchev–Trinajstić information content (AvgIpc) is 3.31. The van der Waals surface area contributed by atoms with E-state index in [2.05, 4.69) is 14.7 Å². The molecule has 4 aromatic rings. The summed E-state index contributed by atoms with van der Waals surface area (Å²) in [6, 6.07) is 15.5. The summed E-state index contributed by atoms with van der Waals surface area (Å²) in [5.41, 5.74) is 2.25. The number of hydrogen-bond acceptors (Lipinski definition) is 5. The fourth-order valence-corrected chi connectivity index (χ4v) is 5.70. The van der Waals surface area contributed by atoms with Crippen LogP contribution >= 0.6 is 0 Å². The topological polar surface area (TPSA) is 109 Å². The van der Waals surface area contributed by atoms with E-state index in [4.69, 9.17) is 0 Å². The molecule has 0 radical (unpaired) electrons. The highest BCUT2D eigenvalue weighted by Gasteiger charge is 2.33. The number of alkyl halides is 3. The standard InChI is InChI=1S/C27H20F3N3O4S/c28-27(29,30)19-7-10-23(24(15-19)16-2-4-17(5-3-16)25(34)35)22-9-6-18-14-20(8-11-21(18)22)38(36,37)33-26-31-12-1-13-32-26/h1-5,7-8,10-15,22H,6,9H2,(H,34,35)(H,31,32,33)/t22-/m1/s1. The number of aromatic carboxylic acids is 1. The van der Waals surface area contributed by atoms with Crippen LogP contribution in [0.3, 0.4) is 0 Å². The fraction of sp³-hybridized carbons (Fsp3) is 0.148. The summed E-state index contributed by atoms with van der Waals surface area (Å²) in [7, 11) is -3.95. The predicted molar refractivity (Wildman–Crippen MR) is 133 cm³/mol. The number of halogens is 3. The van der Waals surface area contributed by atoms with E-state index in [0.717, 1.165) is 23.3 Å². The minimum Gasteiger partial charge on any atom is -0.478 e. The highest BCUT2D eigenvalue weighted by Crippen LogP contribution is 2.44. The number of carboxylic acid groups (broad SMARTS) is 1. The van der Waals surface area contributed by atoms with Crippen LogP contribution in [0.4, 0.5) is 19.1 Å². The zero-order valence-corrected chi connectivity index (χ0v) is 20.4. The van der Waals surface area contributed by atoms with E-state index < -0.39 is 27.7 Å². The van der Waals surface area contributed by atoms with E-state index in [1.54, 1.807) is 18.2 Å². The molecule has 7 nitrogen and oxygen atoms in total. The second-order valence-electron chi connectivity index (χ2n) is 8.81. The number of benzene rings is 3. The number of carbonyl (C=O) groups is 1. The minimum atomic E-state index is -4.55. The first-order valence-corrected chi connectivity index (χ1v) is 13.0. The number of sulfonamides is 1. The molecule has 1 aromatic heterocycles. The van der Waals surface area contributed by atoms with Gasteiger partial charge < -0.3 is 5.11 Å². The zero-order chi connectivity index (χ0) is 27.1. The Morgan fingerprint density at radius 2 is 1.63 bits per heavy atom. The van der Waals surface area contributed by atoms with Crippen molar-refractivity contribution < 1.29 is 31.5 Å². The van der Waals surface area contributed by atoms with Crippen LogP contribution in [0.15, 0.2) is 84.0 Å². The molecule has 0 unspecified atom stereocenters. The molecule has 2 N–H and O–H groups in total. The van der Waals surface area contributed by atoms with Crippen LogP contribution in [0.5, 0.6) is 0 Å². The molecule has 194 valence electrons. The number of anilines is 1. The molecule has 0 aliphatic heterocycles. The maximum Gasteiger partial charge on any atom is 0.416 e. The first-order chi connectivity index (χ1) is 18.0. The van der Waals surface area contributed by atoms with Gasteiger partial charge in [0.25, 0.3) is 10.0 Å². The van der Waals surface area contributed by atoms with Crippen LogP contribution in [0.2, 0.25) is 0 Å². The summed E-state index contributed by atoms with van der Waals surface area (Å²) in [6.07, 6.45) is -0.631. The maximum atomic E-state index is 13.6. The molecule has 0 spiro atoms. The van der Waals surface area contributed by atoms with Crippen LogP contribution in [0, 0.1) is 0 Å². The van der Waals surface area contributed by atoms with E-state index in [9.17, 15) is 31.5 Å². The third-order valence-electron chi connectivity index (χ3n) is 6.49. The molecule has 1 aliphatic carbocycles. The summed E-state index contributed by atoms with van der Waals surface area (Å²) in [5.74, 6) is -1.47. The Balaban J connectivity index is 1.53. The van der Waals surface area contributed by atoms with E-state index in [0.29, 0.717) is 29.5 Å². The van der Waals surface area contributed by atoms with Crippen molar-refractivity contribution in [3.8, 4) is 11.1 Å². The number of hydrogen-bond donors (Lipinski definition) is 2. The molecular weight excluding hydrogens is 519 g/mol. The van der Waals surface area contributed by atoms with Gasteiger partial charge in [-0.15, -0.1) is 0 Å². The second-order valence-corrected chi connectivity index (χ2v) is 10.5. The van der Waals surface area contributed by atoms with Gasteiger partial charge in [0.2, 0.25) is 5.95 Å². The summed E-state index contributed by atoms with van der Waals surface area (Å²) in [5, 5.41) is 9.19. The molecule has 0 fully saturated rings. The second kappa shape index (κ2) is 9.56. The van der Waals surface area contributed by atoms with Gasteiger partial charge in [0.1, 0.15) is 0 Å². The lowest BCUT2D eigenvalue weighted by Crippen LogP contribution is -2.15. The van der Waals surface area contributed by atoms with Crippen molar-refractivity contribution >= 4 is 21.9 Å². The smallest absolute Gasteiger partial charge is 0.416 e. The van der Waals surface area contributed by atoms with Crippen molar-refractivity contribution in [2.75, 3.05) is 4.72 Å². The third-order valence-corrected chi connectivity index (χ3v) is 7.82. The van der Waals surface area contributed by atoms with Gasteiger partial charge in [-0.1, -0.05) is 24.3 Å². The Morgan fingerprint density at radius 3 is 2.29 bits per heavy atom. The van der Waals surface area contributed by atoms with Gasteiger partial charge in [0.05, 0.1) is 16.0 Å². The molecule has 0 bridgehead atoms. The van der Waals surface area contributed by atoms with Crippen LogP contribution in [0.1, 0.15) is 45.0 Å². The number of carboxylic acids is 1. The summed E-state index contributed by atoms with van der Waals surface area (Å²) in [6.45, 7) is 0. The van der Waals surface area contributed by atoms with Gasteiger partial charge in [-0.3, -0.25) is 0 Å². The van der Waals surface area contributed by atoms with Gasteiger partial charge >= 0.3 is 12.1 Å². The first kappa shape index (κ1) is 25.4. The molecule has 5 rings (SSSR count). The summed E-state index contributed by atoms with van der Waals surface area (Å²) in [4.78, 5) is 19.0. The molecule has 38 heavy (non-hydrogen) atoms. The lowest BCUT2D eigenvalue weighted by Gasteiger charge is -2.20. The first-order valence-electron chi connectivity index (χ1n) is 11.5. The van der Waals surface area contributed by atoms with Crippen LogP contribution in [-0.4, -0.2) is 29.5 Å². The average molecular weight is 540 g/mol. The van der Waals surface area contributed by atoms with Gasteiger partial charge in [-0.25, -0.2) is 27.9 Å². The lowest BCUT2D eigenvalue weighted by molar-refractivity contribution is -0.137. The highest BCUT2D eigenvalue weighted by molar-refractivity contribution is 7.92. The SMILES string of the molecule is O=C(O)c1ccc(-c2cc(C(F)(F)F)ccc2[C@@H]2CCc3cc(S(=O)(=O)Nc4ncccn4)ccc32)cc1. The molecule has 0 saturated heterocycles. The van der Waals surface area contributed by atoms with Crippen molar-refractivity contribution in [1.82, 2.24) is 9.97 Å². The van der Waals surface area contributed by atoms with Crippen molar-refractivity contribution in [2.45, 2.75) is 29.8 Å². The third kappa shape index (κ3) is 4.97. The molecule has 11 heteroatoms. The highest BCUT2D eigenvalue weighted by atomic mass is 32.2. The van der Waals surface area contributed by atoms with Crippen molar-refractivity contribution in [3.05, 3.63) is 107 Å². The molecule has 3 aromatic carbocycles. The van der Waals surface area contributed by atoms with Crippen LogP contribution in [0.25, 0.3) is 11.1 Å². The quantitative estimate of drug-likeness (QED) is 0.324.